The molecule has 3 aromatic heterocycles. The van der Waals surface area contributed by atoms with E-state index in [4.69, 9.17) is 0 Å². The minimum Gasteiger partial charge on any atom is -0.385 e. The number of fused-ring (bicyclic) bond motifs is 9. The summed E-state index contributed by atoms with van der Waals surface area (Å²) in [6, 6.07) is 53.8. The van der Waals surface area contributed by atoms with E-state index in [1.54, 1.807) is 0 Å². The highest BCUT2D eigenvalue weighted by Crippen LogP contribution is 2.33. The van der Waals surface area contributed by atoms with Crippen LogP contribution in [0.4, 0.5) is 17.1 Å². The Balaban J connectivity index is 0.716. The van der Waals surface area contributed by atoms with Gasteiger partial charge in [-0.25, -0.2) is 0 Å². The predicted molar refractivity (Wildman–Crippen MR) is 296 cm³/mol. The summed E-state index contributed by atoms with van der Waals surface area (Å²) >= 11 is 0. The normalized spacial score (nSPS) is 11.9. The van der Waals surface area contributed by atoms with Crippen LogP contribution in [0.1, 0.15) is 56.7 Å². The first-order chi connectivity index (χ1) is 34.1. The highest BCUT2D eigenvalue weighted by Gasteiger charge is 2.13. The number of aromatic nitrogens is 3. The Morgan fingerprint density at radius 2 is 0.594 bits per heavy atom. The van der Waals surface area contributed by atoms with Crippen LogP contribution in [0.15, 0.2) is 146 Å². The summed E-state index contributed by atoms with van der Waals surface area (Å²) in [4.78, 5) is 0. The molecule has 3 heterocycles. The molecular formula is C60H69N9. The number of hydrogen-bond donors (Lipinski definition) is 6. The maximum absolute atomic E-state index is 3.75. The number of benzene rings is 7. The lowest BCUT2D eigenvalue weighted by Crippen LogP contribution is -2.21. The predicted octanol–water partition coefficient (Wildman–Crippen LogP) is 12.8. The van der Waals surface area contributed by atoms with Gasteiger partial charge in [0.1, 0.15) is 0 Å². The van der Waals surface area contributed by atoms with Crippen LogP contribution >= 0.6 is 0 Å². The third-order valence-corrected chi connectivity index (χ3v) is 13.9. The topological polar surface area (TPSA) is 87.0 Å². The molecule has 0 fully saturated rings. The Morgan fingerprint density at radius 1 is 0.304 bits per heavy atom. The smallest absolute Gasteiger partial charge is 0.0492 e. The largest absolute Gasteiger partial charge is 0.385 e. The fourth-order valence-corrected chi connectivity index (χ4v) is 10.7. The van der Waals surface area contributed by atoms with Gasteiger partial charge in [-0.2, -0.15) is 0 Å². The van der Waals surface area contributed by atoms with E-state index in [0.29, 0.717) is 0 Å². The van der Waals surface area contributed by atoms with Crippen LogP contribution in [0.2, 0.25) is 0 Å². The molecule has 7 aromatic carbocycles. The van der Waals surface area contributed by atoms with Crippen molar-refractivity contribution >= 4 is 82.5 Å². The summed E-state index contributed by atoms with van der Waals surface area (Å²) in [5.41, 5.74) is 15.4. The SMILES string of the molecule is CCn1c2ccccc2c2cc(NCCCNCc3cc(CNCCCNc4ccc5c(c4)c4ccccc4n5CC)cc(CNCCCNc4ccc5c(c4)c4ccccc4n5CC)c3)ccc21. The molecule has 0 saturated carbocycles. The number of aryl methyl sites for hydroxylation is 3. The van der Waals surface area contributed by atoms with Crippen molar-refractivity contribution in [3.63, 3.8) is 0 Å². The van der Waals surface area contributed by atoms with Gasteiger partial charge in [-0.1, -0.05) is 72.8 Å². The first kappa shape index (κ1) is 46.0. The van der Waals surface area contributed by atoms with Crippen molar-refractivity contribution in [1.29, 1.82) is 0 Å². The number of anilines is 3. The van der Waals surface area contributed by atoms with E-state index >= 15 is 0 Å². The summed E-state index contributed by atoms with van der Waals surface area (Å²) in [5, 5.41) is 30.3. The van der Waals surface area contributed by atoms with Gasteiger partial charge in [-0.3, -0.25) is 0 Å². The van der Waals surface area contributed by atoms with E-state index < -0.39 is 0 Å². The molecule has 6 N–H and O–H groups in total. The maximum Gasteiger partial charge on any atom is 0.0492 e. The molecule has 0 aliphatic heterocycles. The van der Waals surface area contributed by atoms with E-state index in [1.807, 2.05) is 0 Å². The van der Waals surface area contributed by atoms with Crippen LogP contribution in [0.25, 0.3) is 65.4 Å². The van der Waals surface area contributed by atoms with Gasteiger partial charge in [0.15, 0.2) is 0 Å². The van der Waals surface area contributed by atoms with Crippen molar-refractivity contribution in [3.05, 3.63) is 162 Å². The van der Waals surface area contributed by atoms with E-state index in [1.165, 1.54) is 99.2 Å². The number of rotatable bonds is 24. The lowest BCUT2D eigenvalue weighted by atomic mass is 10.0. The van der Waals surface area contributed by atoms with Crippen LogP contribution in [-0.2, 0) is 39.3 Å². The first-order valence-corrected chi connectivity index (χ1v) is 25.6. The number of para-hydroxylation sites is 3. The quantitative estimate of drug-likeness (QED) is 0.0339. The molecule has 0 unspecified atom stereocenters. The van der Waals surface area contributed by atoms with Gasteiger partial charge >= 0.3 is 0 Å². The second-order valence-corrected chi connectivity index (χ2v) is 18.5. The zero-order valence-electron chi connectivity index (χ0n) is 40.8. The number of hydrogen-bond acceptors (Lipinski definition) is 6. The number of nitrogens with zero attached hydrogens (tertiary/aromatic N) is 3. The van der Waals surface area contributed by atoms with E-state index in [9.17, 15) is 0 Å². The van der Waals surface area contributed by atoms with Gasteiger partial charge < -0.3 is 45.6 Å². The van der Waals surface area contributed by atoms with Gasteiger partial charge in [0.05, 0.1) is 0 Å². The second kappa shape index (κ2) is 21.7. The molecular weight excluding hydrogens is 847 g/mol. The van der Waals surface area contributed by atoms with Gasteiger partial charge in [0, 0.05) is 141 Å². The molecule has 0 radical (unpaired) electrons. The molecule has 10 rings (SSSR count). The molecule has 0 atom stereocenters. The molecule has 0 amide bonds. The van der Waals surface area contributed by atoms with Gasteiger partial charge in [-0.05, 0) is 149 Å². The molecule has 0 spiro atoms. The second-order valence-electron chi connectivity index (χ2n) is 18.5. The number of nitrogens with one attached hydrogen (secondary N) is 6. The maximum atomic E-state index is 3.75. The van der Waals surface area contributed by atoms with Crippen LogP contribution in [0, 0.1) is 0 Å². The summed E-state index contributed by atoms with van der Waals surface area (Å²) in [5.74, 6) is 0. The van der Waals surface area contributed by atoms with Gasteiger partial charge in [0.2, 0.25) is 0 Å². The van der Waals surface area contributed by atoms with Crippen molar-refractivity contribution in [2.24, 2.45) is 0 Å². The van der Waals surface area contributed by atoms with E-state index in [-0.39, 0.29) is 0 Å². The highest BCUT2D eigenvalue weighted by molar-refractivity contribution is 6.11. The Labute approximate surface area is 407 Å². The van der Waals surface area contributed by atoms with Crippen LogP contribution < -0.4 is 31.9 Å². The fourth-order valence-electron chi connectivity index (χ4n) is 10.7. The van der Waals surface area contributed by atoms with Crippen molar-refractivity contribution in [2.75, 3.05) is 55.2 Å². The lowest BCUT2D eigenvalue weighted by Gasteiger charge is -2.14. The van der Waals surface area contributed by atoms with Crippen molar-refractivity contribution in [1.82, 2.24) is 29.7 Å². The fraction of sp³-hybridized carbons (Fsp3) is 0.300. The molecule has 0 saturated heterocycles. The molecule has 9 heteroatoms. The monoisotopic (exact) mass is 916 g/mol. The van der Waals surface area contributed by atoms with Gasteiger partial charge in [0.25, 0.3) is 0 Å². The van der Waals surface area contributed by atoms with Crippen molar-refractivity contribution in [2.45, 2.75) is 79.3 Å². The highest BCUT2D eigenvalue weighted by atomic mass is 15.0. The third-order valence-electron chi connectivity index (χ3n) is 13.9. The van der Waals surface area contributed by atoms with Crippen LogP contribution in [0.3, 0.4) is 0 Å². The average Bonchev–Trinajstić information content (AvgIpc) is 4.01. The molecule has 69 heavy (non-hydrogen) atoms. The minimum absolute atomic E-state index is 0.847. The minimum atomic E-state index is 0.847. The zero-order chi connectivity index (χ0) is 46.9. The Hall–Kier alpha value is -6.78. The zero-order valence-corrected chi connectivity index (χ0v) is 40.8. The van der Waals surface area contributed by atoms with Gasteiger partial charge in [-0.15, -0.1) is 0 Å². The standard InChI is InChI=1S/C60H69N9/c1-4-67-55-19-10-7-16-49(55)52-37-46(22-25-58(52)67)64-31-13-28-61-40-43-34-44(41-62-29-14-32-65-47-23-26-59-53(38-47)50-17-8-11-20-56(50)68(59)5-2)36-45(35-43)42-63-30-15-33-66-48-24-27-60-54(39-48)51-18-9-12-21-57(51)69(60)6-3/h7-12,16-27,34-39,61-66H,4-6,13-15,28-33,40-42H2,1-3H3. The third kappa shape index (κ3) is 10.0. The molecule has 0 aliphatic carbocycles. The summed E-state index contributed by atoms with van der Waals surface area (Å²) in [6.07, 6.45) is 3.12. The Kier molecular flexibility index (Phi) is 14.4. The molecule has 0 aliphatic rings. The Morgan fingerprint density at radius 3 is 0.899 bits per heavy atom. The first-order valence-electron chi connectivity index (χ1n) is 25.6. The molecule has 9 nitrogen and oxygen atoms in total. The molecule has 354 valence electrons. The average molecular weight is 916 g/mol. The molecule has 0 bridgehead atoms. The van der Waals surface area contributed by atoms with Crippen molar-refractivity contribution in [3.8, 4) is 0 Å². The summed E-state index contributed by atoms with van der Waals surface area (Å²) in [7, 11) is 0. The van der Waals surface area contributed by atoms with Crippen LogP contribution in [-0.4, -0.2) is 53.0 Å². The Bertz CT molecular complexity index is 2970. The summed E-state index contributed by atoms with van der Waals surface area (Å²) in [6.45, 7) is 17.7. The molecule has 10 aromatic rings. The van der Waals surface area contributed by atoms with E-state index in [2.05, 4.69) is 212 Å². The van der Waals surface area contributed by atoms with Crippen LogP contribution in [0.5, 0.6) is 0 Å². The van der Waals surface area contributed by atoms with E-state index in [0.717, 1.165) is 97.8 Å². The summed E-state index contributed by atoms with van der Waals surface area (Å²) < 4.78 is 7.23. The lowest BCUT2D eigenvalue weighted by molar-refractivity contribution is 0.644. The van der Waals surface area contributed by atoms with Crippen molar-refractivity contribution < 1.29 is 0 Å².